The number of allylic oxidation sites excluding steroid dienone is 7. The van der Waals surface area contributed by atoms with E-state index in [4.69, 9.17) is 13.8 Å². The minimum absolute atomic E-state index is 0.0427. The Balaban J connectivity index is 4.90. The van der Waals surface area contributed by atoms with Crippen LogP contribution in [-0.2, 0) is 27.9 Å². The summed E-state index contributed by atoms with van der Waals surface area (Å²) in [5, 5.41) is 3.09. The molecule has 0 bridgehead atoms. The summed E-state index contributed by atoms with van der Waals surface area (Å²) in [5.41, 5.74) is 0. The van der Waals surface area contributed by atoms with Gasteiger partial charge in [-0.3, -0.25) is 18.6 Å². The predicted octanol–water partition coefficient (Wildman–Crippen LogP) is 26.7. The Bertz CT molecular complexity index is 1730. The molecule has 0 aromatic rings. The van der Waals surface area contributed by atoms with Crippen LogP contribution in [0.5, 0.6) is 0 Å². The van der Waals surface area contributed by atoms with Crippen LogP contribution < -0.4 is 5.32 Å². The summed E-state index contributed by atoms with van der Waals surface area (Å²) in [6.45, 7) is 7.07. The molecule has 0 aliphatic heterocycles. The molecule has 0 spiro atoms. The van der Waals surface area contributed by atoms with Gasteiger partial charge in [0.1, 0.15) is 19.3 Å². The van der Waals surface area contributed by atoms with E-state index in [2.05, 4.69) is 68.6 Å². The van der Waals surface area contributed by atoms with Crippen molar-refractivity contribution in [3.63, 3.8) is 0 Å². The number of quaternary nitrogens is 1. The third-order valence-electron chi connectivity index (χ3n) is 18.8. The molecule has 0 radical (unpaired) electrons. The van der Waals surface area contributed by atoms with E-state index < -0.39 is 20.0 Å². The van der Waals surface area contributed by atoms with Gasteiger partial charge in [0.25, 0.3) is 0 Å². The molecule has 3 unspecified atom stereocenters. The zero-order chi connectivity index (χ0) is 67.8. The second kappa shape index (κ2) is 72.7. The van der Waals surface area contributed by atoms with E-state index in [1.54, 1.807) is 0 Å². The number of ether oxygens (including phenoxy) is 1. The molecule has 0 aromatic heterocycles. The highest BCUT2D eigenvalue weighted by atomic mass is 31.2. The Morgan fingerprint density at radius 1 is 0.376 bits per heavy atom. The first-order chi connectivity index (χ1) is 45.4. The number of hydrogen-bond donors (Lipinski definition) is 2. The van der Waals surface area contributed by atoms with Gasteiger partial charge in [0.15, 0.2) is 0 Å². The number of amides is 1. The third kappa shape index (κ3) is 74.0. The molecule has 0 aliphatic carbocycles. The SMILES string of the molecule is CCCCC/C=C\C/C=C\C/C=C\CCCCCCCCCCCCCCCCC(=O)NC(COP(=O)(O)OCC[N+](C)(C)C)C(/C=C/CCCCCCCCCCCCC)OC(=O)CCCCCCCCCCCCCCCCCCCCCCCCCCCCC. The van der Waals surface area contributed by atoms with Gasteiger partial charge < -0.3 is 19.4 Å². The number of esters is 1. The second-order valence-electron chi connectivity index (χ2n) is 29.3. The molecule has 548 valence electrons. The average molecular weight is 1330 g/mol. The highest BCUT2D eigenvalue weighted by Crippen LogP contribution is 2.43. The molecule has 10 heteroatoms. The maximum absolute atomic E-state index is 13.7. The van der Waals surface area contributed by atoms with Crippen LogP contribution in [0.2, 0.25) is 0 Å². The number of phosphoric ester groups is 1. The van der Waals surface area contributed by atoms with Crippen LogP contribution in [0.25, 0.3) is 0 Å². The summed E-state index contributed by atoms with van der Waals surface area (Å²) < 4.78 is 31.0. The highest BCUT2D eigenvalue weighted by molar-refractivity contribution is 7.47. The van der Waals surface area contributed by atoms with Crippen molar-refractivity contribution in [1.29, 1.82) is 0 Å². The molecule has 1 amide bonds. The summed E-state index contributed by atoms with van der Waals surface area (Å²) in [6, 6.07) is -0.848. The van der Waals surface area contributed by atoms with Crippen molar-refractivity contribution in [3.05, 3.63) is 48.6 Å². The minimum Gasteiger partial charge on any atom is -0.456 e. The fraction of sp³-hybridized carbons (Fsp3) is 0.880. The maximum atomic E-state index is 13.7. The fourth-order valence-corrected chi connectivity index (χ4v) is 13.2. The summed E-state index contributed by atoms with van der Waals surface area (Å²) in [6.07, 6.45) is 94.4. The molecule has 0 heterocycles. The number of hydrogen-bond acceptors (Lipinski definition) is 6. The van der Waals surface area contributed by atoms with Gasteiger partial charge in [0.2, 0.25) is 5.91 Å². The standard InChI is InChI=1S/C83H159N2O7P/c1-7-10-13-16-19-22-25-28-30-32-34-36-38-40-42-44-46-48-50-52-54-57-60-63-66-69-72-75-82(86)84-80(79-91-93(88,89)90-78-77-85(4,5)6)81(74-71-68-65-62-59-56-27-24-21-18-15-12-9-3)92-83(87)76-73-70-67-64-61-58-55-53-51-49-47-45-43-41-39-37-35-33-31-29-26-23-20-17-14-11-8-2/h19,22,28,30,34,36,71,74,80-81H,7-18,20-21,23-27,29,31-33,35,37-70,72-73,75-79H2,1-6H3,(H-,84,86,88,89)/p+1/b22-19-,30-28-,36-34-,74-71+. The van der Waals surface area contributed by atoms with Crippen molar-refractivity contribution in [1.82, 2.24) is 5.32 Å². The van der Waals surface area contributed by atoms with E-state index in [-0.39, 0.29) is 25.1 Å². The number of nitrogens with zero attached hydrogens (tertiary/aromatic N) is 1. The van der Waals surface area contributed by atoms with Crippen molar-refractivity contribution in [2.24, 2.45) is 0 Å². The number of nitrogens with one attached hydrogen (secondary N) is 1. The Morgan fingerprint density at radius 3 is 1.00 bits per heavy atom. The summed E-state index contributed by atoms with van der Waals surface area (Å²) in [5.74, 6) is -0.481. The Morgan fingerprint density at radius 2 is 0.656 bits per heavy atom. The van der Waals surface area contributed by atoms with Crippen LogP contribution in [0.1, 0.15) is 419 Å². The van der Waals surface area contributed by atoms with E-state index in [0.717, 1.165) is 70.6 Å². The van der Waals surface area contributed by atoms with Gasteiger partial charge in [-0.1, -0.05) is 384 Å². The molecule has 0 fully saturated rings. The first-order valence-electron chi connectivity index (χ1n) is 41.0. The van der Waals surface area contributed by atoms with Crippen molar-refractivity contribution < 1.29 is 37.3 Å². The summed E-state index contributed by atoms with van der Waals surface area (Å²) >= 11 is 0. The van der Waals surface area contributed by atoms with E-state index in [9.17, 15) is 19.0 Å². The van der Waals surface area contributed by atoms with Crippen LogP contribution in [0, 0.1) is 0 Å². The number of carbonyl (C=O) groups excluding carboxylic acids is 2. The smallest absolute Gasteiger partial charge is 0.456 e. The lowest BCUT2D eigenvalue weighted by atomic mass is 10.0. The lowest BCUT2D eigenvalue weighted by molar-refractivity contribution is -0.870. The fourth-order valence-electron chi connectivity index (χ4n) is 12.5. The summed E-state index contributed by atoms with van der Waals surface area (Å²) in [4.78, 5) is 38.1. The molecule has 0 saturated carbocycles. The maximum Gasteiger partial charge on any atom is 0.472 e. The Hall–Kier alpha value is -2.03. The zero-order valence-electron chi connectivity index (χ0n) is 63.0. The van der Waals surface area contributed by atoms with Crippen LogP contribution in [-0.4, -0.2) is 74.3 Å². The van der Waals surface area contributed by atoms with Gasteiger partial charge in [0.05, 0.1) is 33.8 Å². The average Bonchev–Trinajstić information content (AvgIpc) is 2.31. The van der Waals surface area contributed by atoms with Gasteiger partial charge >= 0.3 is 13.8 Å². The van der Waals surface area contributed by atoms with Crippen molar-refractivity contribution in [3.8, 4) is 0 Å². The number of phosphoric acid groups is 1. The number of carbonyl (C=O) groups is 2. The normalized spacial score (nSPS) is 13.6. The molecule has 0 rings (SSSR count). The lowest BCUT2D eigenvalue weighted by Gasteiger charge is -2.27. The topological polar surface area (TPSA) is 111 Å². The minimum atomic E-state index is -4.46. The van der Waals surface area contributed by atoms with Gasteiger partial charge in [-0.05, 0) is 70.3 Å². The van der Waals surface area contributed by atoms with Gasteiger partial charge in [-0.2, -0.15) is 0 Å². The Kier molecular flexibility index (Phi) is 71.1. The molecule has 0 aromatic carbocycles. The van der Waals surface area contributed by atoms with Crippen LogP contribution in [0.4, 0.5) is 0 Å². The molecule has 2 N–H and O–H groups in total. The van der Waals surface area contributed by atoms with Gasteiger partial charge in [0, 0.05) is 12.8 Å². The molecule has 93 heavy (non-hydrogen) atoms. The number of likely N-dealkylation sites (N-methyl/N-ethyl adjacent to an activating group) is 1. The van der Waals surface area contributed by atoms with E-state index in [0.29, 0.717) is 23.9 Å². The highest BCUT2D eigenvalue weighted by Gasteiger charge is 2.30. The van der Waals surface area contributed by atoms with Crippen LogP contribution >= 0.6 is 7.82 Å². The monoisotopic (exact) mass is 1330 g/mol. The third-order valence-corrected chi connectivity index (χ3v) is 19.8. The molecular weight excluding hydrogens is 1170 g/mol. The lowest BCUT2D eigenvalue weighted by Crippen LogP contribution is -2.47. The molecule has 9 nitrogen and oxygen atoms in total. The second-order valence-corrected chi connectivity index (χ2v) is 30.8. The van der Waals surface area contributed by atoms with Gasteiger partial charge in [-0.15, -0.1) is 0 Å². The quantitative estimate of drug-likeness (QED) is 0.0205. The molecular formula is C83H160N2O7P+. The first-order valence-corrected chi connectivity index (χ1v) is 42.5. The van der Waals surface area contributed by atoms with Crippen LogP contribution in [0.15, 0.2) is 48.6 Å². The number of unbranched alkanes of at least 4 members (excludes halogenated alkanes) is 54. The zero-order valence-corrected chi connectivity index (χ0v) is 63.9. The Labute approximate surface area is 579 Å². The van der Waals surface area contributed by atoms with Crippen molar-refractivity contribution in [2.75, 3.05) is 40.9 Å². The first kappa shape index (κ1) is 91.0. The summed E-state index contributed by atoms with van der Waals surface area (Å²) in [7, 11) is 1.52. The largest absolute Gasteiger partial charge is 0.472 e. The van der Waals surface area contributed by atoms with E-state index in [1.165, 1.54) is 315 Å². The molecule has 0 aliphatic rings. The van der Waals surface area contributed by atoms with Crippen molar-refractivity contribution >= 4 is 19.7 Å². The van der Waals surface area contributed by atoms with Crippen molar-refractivity contribution in [2.45, 2.75) is 431 Å². The van der Waals surface area contributed by atoms with E-state index in [1.807, 2.05) is 27.2 Å². The van der Waals surface area contributed by atoms with E-state index >= 15 is 0 Å². The predicted molar refractivity (Wildman–Crippen MR) is 406 cm³/mol. The molecule has 3 atom stereocenters. The number of rotatable bonds is 76. The van der Waals surface area contributed by atoms with Gasteiger partial charge in [-0.25, -0.2) is 4.57 Å². The molecule has 0 saturated heterocycles. The van der Waals surface area contributed by atoms with Crippen LogP contribution in [0.3, 0.4) is 0 Å².